The fourth-order valence-corrected chi connectivity index (χ4v) is 4.94. The van der Waals surface area contributed by atoms with Gasteiger partial charge in [-0.3, -0.25) is 9.59 Å². The molecule has 3 aromatic rings. The standard InChI is InChI=1S/C29H28BrNO2/c1-28(2,3)31-25(22-12-6-4-7-13-22)29(27(31)33,26(32)23-14-8-5-9-15-23)20-10-11-21-16-18-24(30)19-17-21/h4-19,25H,20H2,1-3H3/b11-10+/t25-,29-/m0/s1. The second-order valence-corrected chi connectivity index (χ2v) is 10.4. The van der Waals surface area contributed by atoms with E-state index in [4.69, 9.17) is 0 Å². The summed E-state index contributed by atoms with van der Waals surface area (Å²) in [5.41, 5.74) is 0.983. The highest BCUT2D eigenvalue weighted by Crippen LogP contribution is 2.57. The van der Waals surface area contributed by atoms with Gasteiger partial charge in [-0.25, -0.2) is 0 Å². The molecular weight excluding hydrogens is 474 g/mol. The maximum atomic E-state index is 14.0. The number of carbonyl (C=O) groups excluding carboxylic acids is 2. The molecule has 1 saturated heterocycles. The number of hydrogen-bond donors (Lipinski definition) is 0. The van der Waals surface area contributed by atoms with E-state index in [1.807, 2.05) is 111 Å². The number of halogens is 1. The van der Waals surface area contributed by atoms with Crippen molar-refractivity contribution in [2.24, 2.45) is 5.41 Å². The van der Waals surface area contributed by atoms with Crippen molar-refractivity contribution in [1.29, 1.82) is 0 Å². The number of rotatable bonds is 6. The predicted octanol–water partition coefficient (Wildman–Crippen LogP) is 7.10. The van der Waals surface area contributed by atoms with Crippen LogP contribution < -0.4 is 0 Å². The van der Waals surface area contributed by atoms with Gasteiger partial charge < -0.3 is 4.90 Å². The molecule has 0 N–H and O–H groups in total. The SMILES string of the molecule is CC(C)(C)N1C(=O)[C@](C/C=C/c2ccc(Br)cc2)(C(=O)c2ccccc2)[C@@H]1c1ccccc1. The summed E-state index contributed by atoms with van der Waals surface area (Å²) in [6, 6.07) is 26.7. The number of hydrogen-bond acceptors (Lipinski definition) is 2. The molecule has 1 heterocycles. The summed E-state index contributed by atoms with van der Waals surface area (Å²) < 4.78 is 1.01. The molecule has 0 aromatic heterocycles. The third kappa shape index (κ3) is 4.32. The number of benzene rings is 3. The summed E-state index contributed by atoms with van der Waals surface area (Å²) in [5.74, 6) is -0.235. The first-order valence-electron chi connectivity index (χ1n) is 11.2. The van der Waals surface area contributed by atoms with Crippen LogP contribution in [0.5, 0.6) is 0 Å². The summed E-state index contributed by atoms with van der Waals surface area (Å²) in [7, 11) is 0. The Hall–Kier alpha value is -2.98. The first-order chi connectivity index (χ1) is 15.7. The lowest BCUT2D eigenvalue weighted by molar-refractivity contribution is -0.177. The van der Waals surface area contributed by atoms with Gasteiger partial charge in [0.15, 0.2) is 5.78 Å². The molecule has 3 aromatic carbocycles. The highest BCUT2D eigenvalue weighted by Gasteiger charge is 2.66. The zero-order valence-electron chi connectivity index (χ0n) is 19.2. The minimum absolute atomic E-state index is 0.113. The summed E-state index contributed by atoms with van der Waals surface area (Å²) in [6.45, 7) is 6.07. The molecule has 4 rings (SSSR count). The van der Waals surface area contributed by atoms with Crippen LogP contribution in [0, 0.1) is 5.41 Å². The number of ketones is 1. The summed E-state index contributed by atoms with van der Waals surface area (Å²) in [6.07, 6.45) is 4.29. The van der Waals surface area contributed by atoms with E-state index in [9.17, 15) is 9.59 Å². The van der Waals surface area contributed by atoms with Gasteiger partial charge in [0.1, 0.15) is 5.41 Å². The quantitative estimate of drug-likeness (QED) is 0.205. The number of Topliss-reactive ketones (excluding diaryl/α,β-unsaturated/α-hetero) is 1. The lowest BCUT2D eigenvalue weighted by Gasteiger charge is -2.60. The van der Waals surface area contributed by atoms with Gasteiger partial charge in [-0.15, -0.1) is 0 Å². The van der Waals surface area contributed by atoms with Gasteiger partial charge in [0.05, 0.1) is 6.04 Å². The normalized spacial score (nSPS) is 20.7. The molecule has 0 aliphatic carbocycles. The molecule has 4 heteroatoms. The molecule has 0 saturated carbocycles. The van der Waals surface area contributed by atoms with Crippen molar-refractivity contribution in [3.63, 3.8) is 0 Å². The van der Waals surface area contributed by atoms with Crippen molar-refractivity contribution in [3.05, 3.63) is 112 Å². The van der Waals surface area contributed by atoms with Crippen molar-refractivity contribution in [1.82, 2.24) is 4.90 Å². The highest BCUT2D eigenvalue weighted by molar-refractivity contribution is 9.10. The van der Waals surface area contributed by atoms with Crippen LogP contribution >= 0.6 is 15.9 Å². The zero-order valence-corrected chi connectivity index (χ0v) is 20.7. The molecule has 0 spiro atoms. The summed E-state index contributed by atoms with van der Waals surface area (Å²) >= 11 is 3.46. The van der Waals surface area contributed by atoms with Crippen molar-refractivity contribution < 1.29 is 9.59 Å². The minimum Gasteiger partial charge on any atom is -0.328 e. The monoisotopic (exact) mass is 501 g/mol. The maximum Gasteiger partial charge on any atom is 0.240 e. The molecule has 0 unspecified atom stereocenters. The Labute approximate surface area is 204 Å². The molecule has 1 aliphatic rings. The third-order valence-electron chi connectivity index (χ3n) is 6.22. The van der Waals surface area contributed by atoms with Gasteiger partial charge >= 0.3 is 0 Å². The number of amides is 1. The minimum atomic E-state index is -1.18. The average molecular weight is 502 g/mol. The van der Waals surface area contributed by atoms with Gasteiger partial charge in [-0.2, -0.15) is 0 Å². The van der Waals surface area contributed by atoms with Crippen LogP contribution in [-0.2, 0) is 4.79 Å². The fourth-order valence-electron chi connectivity index (χ4n) is 4.68. The van der Waals surface area contributed by atoms with Crippen LogP contribution in [0.15, 0.2) is 95.5 Å². The van der Waals surface area contributed by atoms with Crippen LogP contribution in [0.1, 0.15) is 54.7 Å². The van der Waals surface area contributed by atoms with Crippen LogP contribution in [0.25, 0.3) is 6.08 Å². The first kappa shape index (κ1) is 23.2. The van der Waals surface area contributed by atoms with Gasteiger partial charge in [0.2, 0.25) is 5.91 Å². The predicted molar refractivity (Wildman–Crippen MR) is 137 cm³/mol. The van der Waals surface area contributed by atoms with Crippen LogP contribution in [0.4, 0.5) is 0 Å². The molecule has 2 atom stereocenters. The maximum absolute atomic E-state index is 14.0. The molecule has 3 nitrogen and oxygen atoms in total. The van der Waals surface area contributed by atoms with Crippen LogP contribution in [-0.4, -0.2) is 22.1 Å². The highest BCUT2D eigenvalue weighted by atomic mass is 79.9. The lowest BCUT2D eigenvalue weighted by atomic mass is 9.60. The largest absolute Gasteiger partial charge is 0.328 e. The third-order valence-corrected chi connectivity index (χ3v) is 6.75. The van der Waals surface area contributed by atoms with Crippen molar-refractivity contribution in [2.75, 3.05) is 0 Å². The molecule has 1 amide bonds. The van der Waals surface area contributed by atoms with Crippen LogP contribution in [0.2, 0.25) is 0 Å². The number of carbonyl (C=O) groups is 2. The second kappa shape index (κ2) is 9.11. The van der Waals surface area contributed by atoms with E-state index in [-0.39, 0.29) is 17.7 Å². The molecule has 1 fully saturated rings. The number of β-lactam (4-membered cyclic amide) rings is 1. The van der Waals surface area contributed by atoms with E-state index in [1.54, 1.807) is 12.1 Å². The van der Waals surface area contributed by atoms with Crippen molar-refractivity contribution >= 4 is 33.7 Å². The second-order valence-electron chi connectivity index (χ2n) is 9.48. The Morgan fingerprint density at radius 1 is 0.939 bits per heavy atom. The Kier molecular flexibility index (Phi) is 6.40. The molecule has 168 valence electrons. The molecule has 0 radical (unpaired) electrons. The molecule has 0 bridgehead atoms. The van der Waals surface area contributed by atoms with E-state index >= 15 is 0 Å². The van der Waals surface area contributed by atoms with Crippen molar-refractivity contribution in [3.8, 4) is 0 Å². The Bertz CT molecular complexity index is 1160. The molecule has 33 heavy (non-hydrogen) atoms. The number of nitrogens with zero attached hydrogens (tertiary/aromatic N) is 1. The fraction of sp³-hybridized carbons (Fsp3) is 0.241. The average Bonchev–Trinajstić information content (AvgIpc) is 2.81. The summed E-state index contributed by atoms with van der Waals surface area (Å²) in [5, 5.41) is 0. The van der Waals surface area contributed by atoms with E-state index in [1.165, 1.54) is 0 Å². The van der Waals surface area contributed by atoms with E-state index in [0.717, 1.165) is 15.6 Å². The van der Waals surface area contributed by atoms with Gasteiger partial charge in [0.25, 0.3) is 0 Å². The topological polar surface area (TPSA) is 37.4 Å². The van der Waals surface area contributed by atoms with Gasteiger partial charge in [0, 0.05) is 15.6 Å². The van der Waals surface area contributed by atoms with Gasteiger partial charge in [-0.05, 0) is 50.5 Å². The van der Waals surface area contributed by atoms with Crippen LogP contribution in [0.3, 0.4) is 0 Å². The lowest BCUT2D eigenvalue weighted by Crippen LogP contribution is -2.71. The smallest absolute Gasteiger partial charge is 0.240 e. The van der Waals surface area contributed by atoms with E-state index < -0.39 is 11.0 Å². The number of allylic oxidation sites excluding steroid dienone is 1. The summed E-state index contributed by atoms with van der Waals surface area (Å²) in [4.78, 5) is 29.8. The first-order valence-corrected chi connectivity index (χ1v) is 11.9. The Morgan fingerprint density at radius 2 is 1.52 bits per heavy atom. The van der Waals surface area contributed by atoms with Gasteiger partial charge in [-0.1, -0.05) is 101 Å². The molecular formula is C29H28BrNO2. The molecule has 1 aliphatic heterocycles. The zero-order chi connectivity index (χ0) is 23.6. The van der Waals surface area contributed by atoms with E-state index in [0.29, 0.717) is 12.0 Å². The van der Waals surface area contributed by atoms with Crippen molar-refractivity contribution in [2.45, 2.75) is 38.8 Å². The Balaban J connectivity index is 1.81. The van der Waals surface area contributed by atoms with E-state index in [2.05, 4.69) is 15.9 Å². The Morgan fingerprint density at radius 3 is 2.09 bits per heavy atom. The number of likely N-dealkylation sites (tertiary alicyclic amines) is 1.